The first-order valence-electron chi connectivity index (χ1n) is 9.79. The van der Waals surface area contributed by atoms with Crippen LogP contribution in [-0.2, 0) is 16.1 Å². The molecule has 2 fully saturated rings. The van der Waals surface area contributed by atoms with Crippen LogP contribution in [0.3, 0.4) is 0 Å². The summed E-state index contributed by atoms with van der Waals surface area (Å²) in [5.74, 6) is -0.0331. The number of para-hydroxylation sites is 2. The van der Waals surface area contributed by atoms with E-state index in [0.29, 0.717) is 24.4 Å². The lowest BCUT2D eigenvalue weighted by atomic mass is 9.96. The average molecular weight is 371 g/mol. The number of oxazole rings is 1. The number of fused-ring (bicyclic) bond motifs is 1. The van der Waals surface area contributed by atoms with Crippen molar-refractivity contribution in [3.05, 3.63) is 30.2 Å². The van der Waals surface area contributed by atoms with Gasteiger partial charge in [0.05, 0.1) is 0 Å². The molecule has 1 aliphatic carbocycles. The Balaban J connectivity index is 1.33. The minimum Gasteiger partial charge on any atom is -0.454 e. The maximum absolute atomic E-state index is 12.6. The number of likely N-dealkylation sites (tertiary alicyclic amines) is 1. The number of rotatable bonds is 4. The van der Waals surface area contributed by atoms with Crippen LogP contribution in [0.15, 0.2) is 28.7 Å². The van der Waals surface area contributed by atoms with E-state index in [-0.39, 0.29) is 18.7 Å². The van der Waals surface area contributed by atoms with E-state index in [1.807, 2.05) is 24.3 Å². The quantitative estimate of drug-likeness (QED) is 0.833. The number of ether oxygens (including phenoxy) is 1. The van der Waals surface area contributed by atoms with Gasteiger partial charge in [-0.25, -0.2) is 14.6 Å². The van der Waals surface area contributed by atoms with Crippen molar-refractivity contribution in [2.45, 2.75) is 63.6 Å². The van der Waals surface area contributed by atoms with Crippen LogP contribution < -0.4 is 5.32 Å². The van der Waals surface area contributed by atoms with Crippen molar-refractivity contribution in [1.29, 1.82) is 0 Å². The molecule has 0 spiro atoms. The molecule has 1 saturated carbocycles. The molecule has 0 bridgehead atoms. The zero-order valence-corrected chi connectivity index (χ0v) is 15.4. The molecule has 2 aromatic rings. The van der Waals surface area contributed by atoms with E-state index in [1.165, 1.54) is 6.42 Å². The van der Waals surface area contributed by atoms with Gasteiger partial charge in [0, 0.05) is 12.6 Å². The van der Waals surface area contributed by atoms with Gasteiger partial charge in [0.1, 0.15) is 11.6 Å². The van der Waals surface area contributed by atoms with Crippen LogP contribution in [0.1, 0.15) is 50.8 Å². The molecule has 144 valence electrons. The Kier molecular flexibility index (Phi) is 5.27. The molecule has 1 atom stereocenters. The molecule has 27 heavy (non-hydrogen) atoms. The summed E-state index contributed by atoms with van der Waals surface area (Å²) < 4.78 is 11.0. The summed E-state index contributed by atoms with van der Waals surface area (Å²) in [4.78, 5) is 31.0. The number of carbonyl (C=O) groups is 2. The minimum atomic E-state index is -0.530. The molecule has 4 rings (SSSR count). The second-order valence-electron chi connectivity index (χ2n) is 7.32. The third-order valence-electron chi connectivity index (χ3n) is 5.39. The topological polar surface area (TPSA) is 84.7 Å². The van der Waals surface area contributed by atoms with Crippen LogP contribution in [0.2, 0.25) is 0 Å². The molecule has 7 heteroatoms. The Labute approximate surface area is 158 Å². The van der Waals surface area contributed by atoms with Gasteiger partial charge in [0.15, 0.2) is 12.2 Å². The maximum Gasteiger partial charge on any atom is 0.329 e. The second-order valence-corrected chi connectivity index (χ2v) is 7.32. The number of benzene rings is 1. The lowest BCUT2D eigenvalue weighted by Gasteiger charge is -2.28. The molecule has 1 N–H and O–H groups in total. The smallest absolute Gasteiger partial charge is 0.329 e. The monoisotopic (exact) mass is 371 g/mol. The predicted molar refractivity (Wildman–Crippen MR) is 98.9 cm³/mol. The van der Waals surface area contributed by atoms with Crippen molar-refractivity contribution in [2.75, 3.05) is 6.54 Å². The van der Waals surface area contributed by atoms with Crippen LogP contribution in [0.25, 0.3) is 11.1 Å². The van der Waals surface area contributed by atoms with E-state index < -0.39 is 12.0 Å². The van der Waals surface area contributed by atoms with Gasteiger partial charge in [-0.2, -0.15) is 0 Å². The number of hydrogen-bond acceptors (Lipinski definition) is 5. The summed E-state index contributed by atoms with van der Waals surface area (Å²) in [7, 11) is 0. The SMILES string of the molecule is O=C(OCc1nc2ccccc2o1)[C@H]1CCCN1C(=O)NC1CCCCC1. The van der Waals surface area contributed by atoms with Gasteiger partial charge < -0.3 is 19.4 Å². The third kappa shape index (κ3) is 4.07. The Morgan fingerprint density at radius 3 is 2.78 bits per heavy atom. The maximum atomic E-state index is 12.6. The average Bonchev–Trinajstić information content (AvgIpc) is 3.33. The summed E-state index contributed by atoms with van der Waals surface area (Å²) >= 11 is 0. The van der Waals surface area contributed by atoms with Gasteiger partial charge in [-0.3, -0.25) is 0 Å². The molecule has 0 radical (unpaired) electrons. The zero-order valence-electron chi connectivity index (χ0n) is 15.4. The fourth-order valence-electron chi connectivity index (χ4n) is 3.97. The van der Waals surface area contributed by atoms with Crippen LogP contribution >= 0.6 is 0 Å². The Morgan fingerprint density at radius 1 is 1.15 bits per heavy atom. The largest absolute Gasteiger partial charge is 0.454 e. The first kappa shape index (κ1) is 17.8. The van der Waals surface area contributed by atoms with Crippen molar-refractivity contribution in [3.63, 3.8) is 0 Å². The van der Waals surface area contributed by atoms with Gasteiger partial charge in [-0.15, -0.1) is 0 Å². The summed E-state index contributed by atoms with van der Waals surface area (Å²) in [5, 5.41) is 3.09. The molecule has 2 heterocycles. The van der Waals surface area contributed by atoms with Crippen molar-refractivity contribution >= 4 is 23.1 Å². The van der Waals surface area contributed by atoms with Crippen LogP contribution in [0.4, 0.5) is 4.79 Å². The van der Waals surface area contributed by atoms with Crippen LogP contribution in [0.5, 0.6) is 0 Å². The number of nitrogens with one attached hydrogen (secondary N) is 1. The zero-order chi connectivity index (χ0) is 18.6. The number of nitrogens with zero attached hydrogens (tertiary/aromatic N) is 2. The highest BCUT2D eigenvalue weighted by atomic mass is 16.5. The number of carbonyl (C=O) groups excluding carboxylic acids is 2. The van der Waals surface area contributed by atoms with E-state index in [0.717, 1.165) is 37.6 Å². The summed E-state index contributed by atoms with van der Waals surface area (Å²) in [6, 6.07) is 6.96. The van der Waals surface area contributed by atoms with Gasteiger partial charge in [-0.05, 0) is 37.8 Å². The summed E-state index contributed by atoms with van der Waals surface area (Å²) in [5.41, 5.74) is 1.40. The molecule has 1 aromatic carbocycles. The highest BCUT2D eigenvalue weighted by Crippen LogP contribution is 2.22. The van der Waals surface area contributed by atoms with E-state index in [2.05, 4.69) is 10.3 Å². The minimum absolute atomic E-state index is 0.0257. The molecule has 1 saturated heterocycles. The number of amides is 2. The predicted octanol–water partition coefficient (Wildman–Crippen LogP) is 3.38. The first-order chi connectivity index (χ1) is 13.2. The van der Waals surface area contributed by atoms with Gasteiger partial charge >= 0.3 is 12.0 Å². The normalized spacial score (nSPS) is 20.7. The molecular formula is C20H25N3O4. The number of hydrogen-bond donors (Lipinski definition) is 1. The lowest BCUT2D eigenvalue weighted by Crippen LogP contribution is -2.49. The molecule has 7 nitrogen and oxygen atoms in total. The van der Waals surface area contributed by atoms with Crippen molar-refractivity contribution < 1.29 is 18.7 Å². The molecule has 0 unspecified atom stereocenters. The number of urea groups is 1. The number of esters is 1. The standard InChI is InChI=1S/C20H25N3O4/c24-19(26-13-18-22-15-9-4-5-11-17(15)27-18)16-10-6-12-23(16)20(25)21-14-7-2-1-3-8-14/h4-5,9,11,14,16H,1-3,6-8,10,12-13H2,(H,21,25)/t16-/m1/s1. The van der Waals surface area contributed by atoms with Crippen molar-refractivity contribution in [3.8, 4) is 0 Å². The fourth-order valence-corrected chi connectivity index (χ4v) is 3.97. The van der Waals surface area contributed by atoms with E-state index in [9.17, 15) is 9.59 Å². The van der Waals surface area contributed by atoms with Gasteiger partial charge in [0.25, 0.3) is 0 Å². The highest BCUT2D eigenvalue weighted by Gasteiger charge is 2.36. The first-order valence-corrected chi connectivity index (χ1v) is 9.79. The third-order valence-corrected chi connectivity index (χ3v) is 5.39. The van der Waals surface area contributed by atoms with E-state index in [4.69, 9.17) is 9.15 Å². The van der Waals surface area contributed by atoms with Gasteiger partial charge in [-0.1, -0.05) is 31.4 Å². The van der Waals surface area contributed by atoms with Crippen molar-refractivity contribution in [2.24, 2.45) is 0 Å². The van der Waals surface area contributed by atoms with E-state index in [1.54, 1.807) is 4.90 Å². The van der Waals surface area contributed by atoms with Crippen LogP contribution in [0, 0.1) is 0 Å². The molecular weight excluding hydrogens is 346 g/mol. The number of aromatic nitrogens is 1. The van der Waals surface area contributed by atoms with Crippen LogP contribution in [-0.4, -0.2) is 40.5 Å². The Hall–Kier alpha value is -2.57. The summed E-state index contributed by atoms with van der Waals surface area (Å²) in [6.45, 7) is 0.559. The summed E-state index contributed by atoms with van der Waals surface area (Å²) in [6.07, 6.45) is 7.02. The van der Waals surface area contributed by atoms with Crippen molar-refractivity contribution in [1.82, 2.24) is 15.2 Å². The molecule has 2 amide bonds. The lowest BCUT2D eigenvalue weighted by molar-refractivity contribution is -0.150. The Morgan fingerprint density at radius 2 is 1.96 bits per heavy atom. The molecule has 1 aliphatic heterocycles. The Bertz CT molecular complexity index is 779. The highest BCUT2D eigenvalue weighted by molar-refractivity contribution is 5.84. The molecule has 2 aliphatic rings. The van der Waals surface area contributed by atoms with Gasteiger partial charge in [0.2, 0.25) is 5.89 Å². The second kappa shape index (κ2) is 7.98. The molecule has 1 aromatic heterocycles. The fraction of sp³-hybridized carbons (Fsp3) is 0.550. The van der Waals surface area contributed by atoms with E-state index >= 15 is 0 Å².